The third-order valence-electron chi connectivity index (χ3n) is 3.19. The average Bonchev–Trinajstić information content (AvgIpc) is 2.60. The molecule has 1 aliphatic rings. The van der Waals surface area contributed by atoms with Gasteiger partial charge >= 0.3 is 0 Å². The van der Waals surface area contributed by atoms with Gasteiger partial charge in [-0.15, -0.1) is 0 Å². The Morgan fingerprint density at radius 1 is 1.18 bits per heavy atom. The van der Waals surface area contributed by atoms with Crippen molar-refractivity contribution < 1.29 is 13.9 Å². The molecular weight excluding hydrogens is 219 g/mol. The molecule has 0 unspecified atom stereocenters. The topological polar surface area (TPSA) is 26.3 Å². The highest BCUT2D eigenvalue weighted by atomic mass is 19.1. The van der Waals surface area contributed by atoms with Gasteiger partial charge in [-0.2, -0.15) is 0 Å². The normalized spacial score (nSPS) is 17.5. The maximum absolute atomic E-state index is 13.6. The van der Waals surface area contributed by atoms with Crippen molar-refractivity contribution in [1.29, 1.82) is 0 Å². The lowest BCUT2D eigenvalue weighted by atomic mass is 10.1. The van der Waals surface area contributed by atoms with Crippen molar-refractivity contribution >= 4 is 6.29 Å². The zero-order valence-electron chi connectivity index (χ0n) is 9.82. The van der Waals surface area contributed by atoms with Gasteiger partial charge in [0.1, 0.15) is 6.29 Å². The van der Waals surface area contributed by atoms with Gasteiger partial charge in [0.2, 0.25) is 0 Å². The predicted molar refractivity (Wildman–Crippen MR) is 63.9 cm³/mol. The Bertz CT molecular complexity index is 382. The molecule has 0 radical (unpaired) electrons. The monoisotopic (exact) mass is 236 g/mol. The van der Waals surface area contributed by atoms with Crippen molar-refractivity contribution in [3.8, 4) is 5.75 Å². The summed E-state index contributed by atoms with van der Waals surface area (Å²) in [4.78, 5) is 10.5. The van der Waals surface area contributed by atoms with Crippen LogP contribution in [0.25, 0.3) is 0 Å². The summed E-state index contributed by atoms with van der Waals surface area (Å²) in [6.07, 6.45) is 7.53. The maximum atomic E-state index is 13.6. The Morgan fingerprint density at radius 2 is 1.88 bits per heavy atom. The lowest BCUT2D eigenvalue weighted by Crippen LogP contribution is -2.15. The number of hydrogen-bond donors (Lipinski definition) is 0. The molecule has 1 aromatic carbocycles. The first kappa shape index (κ1) is 12.1. The smallest absolute Gasteiger partial charge is 0.165 e. The van der Waals surface area contributed by atoms with E-state index in [-0.39, 0.29) is 11.9 Å². The number of halogens is 1. The van der Waals surface area contributed by atoms with E-state index in [1.807, 2.05) is 0 Å². The Hall–Kier alpha value is -1.38. The minimum atomic E-state index is -0.446. The Kier molecular flexibility index (Phi) is 4.13. The molecule has 0 aliphatic heterocycles. The van der Waals surface area contributed by atoms with Crippen LogP contribution in [0.4, 0.5) is 4.39 Å². The van der Waals surface area contributed by atoms with Crippen LogP contribution < -0.4 is 4.74 Å². The van der Waals surface area contributed by atoms with E-state index in [9.17, 15) is 9.18 Å². The fourth-order valence-corrected chi connectivity index (χ4v) is 2.23. The van der Waals surface area contributed by atoms with Crippen LogP contribution in [0.15, 0.2) is 18.2 Å². The van der Waals surface area contributed by atoms with Crippen LogP contribution in [0.5, 0.6) is 5.75 Å². The molecule has 2 rings (SSSR count). The molecule has 1 aromatic rings. The van der Waals surface area contributed by atoms with Gasteiger partial charge in [-0.25, -0.2) is 4.39 Å². The second kappa shape index (κ2) is 5.80. The van der Waals surface area contributed by atoms with E-state index in [1.54, 1.807) is 12.1 Å². The summed E-state index contributed by atoms with van der Waals surface area (Å²) in [6.45, 7) is 0. The van der Waals surface area contributed by atoms with Crippen LogP contribution in [0.3, 0.4) is 0 Å². The van der Waals surface area contributed by atoms with E-state index in [1.165, 1.54) is 18.9 Å². The largest absolute Gasteiger partial charge is 0.487 e. The van der Waals surface area contributed by atoms with Crippen molar-refractivity contribution in [3.05, 3.63) is 29.6 Å². The van der Waals surface area contributed by atoms with Crippen LogP contribution in [-0.4, -0.2) is 12.4 Å². The summed E-state index contributed by atoms with van der Waals surface area (Å²) in [5, 5.41) is 0. The van der Waals surface area contributed by atoms with Crippen LogP contribution >= 0.6 is 0 Å². The highest BCUT2D eigenvalue weighted by molar-refractivity contribution is 5.74. The first-order valence-corrected chi connectivity index (χ1v) is 6.21. The Morgan fingerprint density at radius 3 is 2.47 bits per heavy atom. The first-order chi connectivity index (χ1) is 8.29. The number of rotatable bonds is 3. The van der Waals surface area contributed by atoms with Gasteiger partial charge in [-0.1, -0.05) is 12.8 Å². The van der Waals surface area contributed by atoms with Gasteiger partial charge in [0.05, 0.1) is 6.10 Å². The SMILES string of the molecule is O=Cc1ccc(OC2CCCCCC2)c(F)c1. The predicted octanol–water partition coefficient (Wildman–Crippen LogP) is 3.74. The standard InChI is InChI=1S/C14H17FO2/c15-13-9-11(10-16)7-8-14(13)17-12-5-3-1-2-4-6-12/h7-10,12H,1-6H2. The number of carbonyl (C=O) groups is 1. The number of carbonyl (C=O) groups excluding carboxylic acids is 1. The number of ether oxygens (including phenoxy) is 1. The van der Waals surface area contributed by atoms with Gasteiger partial charge in [0.15, 0.2) is 11.6 Å². The number of hydrogen-bond acceptors (Lipinski definition) is 2. The van der Waals surface area contributed by atoms with E-state index >= 15 is 0 Å². The molecule has 1 aliphatic carbocycles. The average molecular weight is 236 g/mol. The van der Waals surface area contributed by atoms with Gasteiger partial charge in [0.25, 0.3) is 0 Å². The highest BCUT2D eigenvalue weighted by Gasteiger charge is 2.15. The van der Waals surface area contributed by atoms with Crippen LogP contribution in [0.2, 0.25) is 0 Å². The summed E-state index contributed by atoms with van der Waals surface area (Å²) >= 11 is 0. The lowest BCUT2D eigenvalue weighted by molar-refractivity contribution is 0.112. The summed E-state index contributed by atoms with van der Waals surface area (Å²) in [5.74, 6) is -0.179. The molecule has 0 spiro atoms. The first-order valence-electron chi connectivity index (χ1n) is 6.21. The Balaban J connectivity index is 2.04. The second-order valence-corrected chi connectivity index (χ2v) is 4.54. The molecule has 1 saturated carbocycles. The van der Waals surface area contributed by atoms with E-state index in [0.29, 0.717) is 11.8 Å². The summed E-state index contributed by atoms with van der Waals surface area (Å²) in [7, 11) is 0. The van der Waals surface area contributed by atoms with Crippen molar-refractivity contribution in [2.45, 2.75) is 44.6 Å². The molecule has 0 heterocycles. The molecule has 1 fully saturated rings. The third-order valence-corrected chi connectivity index (χ3v) is 3.19. The molecule has 0 amide bonds. The van der Waals surface area contributed by atoms with Crippen LogP contribution in [0, 0.1) is 5.82 Å². The Labute approximate surface area is 101 Å². The molecule has 0 aromatic heterocycles. The van der Waals surface area contributed by atoms with E-state index < -0.39 is 5.82 Å². The zero-order valence-corrected chi connectivity index (χ0v) is 9.82. The molecule has 92 valence electrons. The molecule has 0 bridgehead atoms. The minimum absolute atomic E-state index is 0.120. The maximum Gasteiger partial charge on any atom is 0.165 e. The summed E-state index contributed by atoms with van der Waals surface area (Å²) in [5.41, 5.74) is 0.343. The van der Waals surface area contributed by atoms with Gasteiger partial charge in [-0.3, -0.25) is 4.79 Å². The van der Waals surface area contributed by atoms with Crippen molar-refractivity contribution in [3.63, 3.8) is 0 Å². The van der Waals surface area contributed by atoms with E-state index in [4.69, 9.17) is 4.74 Å². The fraction of sp³-hybridized carbons (Fsp3) is 0.500. The quantitative estimate of drug-likeness (QED) is 0.590. The lowest BCUT2D eigenvalue weighted by Gasteiger charge is -2.17. The molecular formula is C14H17FO2. The number of benzene rings is 1. The van der Waals surface area contributed by atoms with Gasteiger partial charge in [-0.05, 0) is 43.9 Å². The summed E-state index contributed by atoms with van der Waals surface area (Å²) in [6, 6.07) is 4.35. The van der Waals surface area contributed by atoms with E-state index in [2.05, 4.69) is 0 Å². The molecule has 0 N–H and O–H groups in total. The van der Waals surface area contributed by atoms with Gasteiger partial charge < -0.3 is 4.74 Å². The van der Waals surface area contributed by atoms with Gasteiger partial charge in [0, 0.05) is 5.56 Å². The molecule has 3 heteroatoms. The van der Waals surface area contributed by atoms with Crippen molar-refractivity contribution in [2.75, 3.05) is 0 Å². The highest BCUT2D eigenvalue weighted by Crippen LogP contribution is 2.25. The van der Waals surface area contributed by atoms with Crippen molar-refractivity contribution in [1.82, 2.24) is 0 Å². The van der Waals surface area contributed by atoms with Crippen LogP contribution in [0.1, 0.15) is 48.9 Å². The molecule has 0 saturated heterocycles. The van der Waals surface area contributed by atoms with E-state index in [0.717, 1.165) is 25.7 Å². The number of aldehydes is 1. The molecule has 0 atom stereocenters. The van der Waals surface area contributed by atoms with Crippen molar-refractivity contribution in [2.24, 2.45) is 0 Å². The second-order valence-electron chi connectivity index (χ2n) is 4.54. The zero-order chi connectivity index (χ0) is 12.1. The minimum Gasteiger partial charge on any atom is -0.487 e. The fourth-order valence-electron chi connectivity index (χ4n) is 2.23. The molecule has 17 heavy (non-hydrogen) atoms. The molecule has 2 nitrogen and oxygen atoms in total. The third kappa shape index (κ3) is 3.29. The van der Waals surface area contributed by atoms with Crippen LogP contribution in [-0.2, 0) is 0 Å². The summed E-state index contributed by atoms with van der Waals surface area (Å²) < 4.78 is 19.3.